The minimum atomic E-state index is -0.251. The minimum Gasteiger partial charge on any atom is -0.494 e. The highest BCUT2D eigenvalue weighted by atomic mass is 35.5. The Labute approximate surface area is 189 Å². The summed E-state index contributed by atoms with van der Waals surface area (Å²) in [5.41, 5.74) is 1.42. The molecule has 0 heterocycles. The molecule has 31 heavy (non-hydrogen) atoms. The molecule has 0 aromatic heterocycles. The Morgan fingerprint density at radius 2 is 1.74 bits per heavy atom. The van der Waals surface area contributed by atoms with E-state index >= 15 is 0 Å². The molecule has 6 heteroatoms. The Morgan fingerprint density at radius 1 is 1.00 bits per heavy atom. The van der Waals surface area contributed by atoms with Gasteiger partial charge in [0.25, 0.3) is 11.8 Å². The Bertz CT molecular complexity index is 877. The largest absolute Gasteiger partial charge is 0.494 e. The molecule has 1 aliphatic rings. The summed E-state index contributed by atoms with van der Waals surface area (Å²) in [6, 6.07) is 12.2. The van der Waals surface area contributed by atoms with Gasteiger partial charge in [-0.3, -0.25) is 9.59 Å². The smallest absolute Gasteiger partial charge is 0.255 e. The van der Waals surface area contributed by atoms with E-state index in [1.54, 1.807) is 42.5 Å². The first kappa shape index (κ1) is 23.1. The maximum absolute atomic E-state index is 12.7. The molecule has 0 atom stereocenters. The van der Waals surface area contributed by atoms with Crippen molar-refractivity contribution in [2.75, 3.05) is 11.9 Å². The standard InChI is InChI=1S/C25H31ClN2O3/c1-2-3-7-16-31-21-13-10-18(11-14-21)24(29)28-20-12-15-23(26)22(17-20)25(30)27-19-8-5-4-6-9-19/h10-15,17,19H,2-9,16H2,1H3,(H,27,30)(H,28,29). The van der Waals surface area contributed by atoms with E-state index in [-0.39, 0.29) is 17.9 Å². The van der Waals surface area contributed by atoms with E-state index < -0.39 is 0 Å². The summed E-state index contributed by atoms with van der Waals surface area (Å²) >= 11 is 6.25. The van der Waals surface area contributed by atoms with Gasteiger partial charge in [0.05, 0.1) is 17.2 Å². The molecule has 2 N–H and O–H groups in total. The third-order valence-electron chi connectivity index (χ3n) is 5.54. The number of anilines is 1. The number of ether oxygens (including phenoxy) is 1. The topological polar surface area (TPSA) is 67.4 Å². The van der Waals surface area contributed by atoms with Gasteiger partial charge in [0.1, 0.15) is 5.75 Å². The quantitative estimate of drug-likeness (QED) is 0.452. The molecule has 0 unspecified atom stereocenters. The van der Waals surface area contributed by atoms with Crippen LogP contribution in [-0.4, -0.2) is 24.5 Å². The SMILES string of the molecule is CCCCCOc1ccc(C(=O)Nc2ccc(Cl)c(C(=O)NC3CCCCC3)c2)cc1. The number of carbonyl (C=O) groups excluding carboxylic acids is 2. The van der Waals surface area contributed by atoms with E-state index in [1.807, 2.05) is 0 Å². The van der Waals surface area contributed by atoms with Gasteiger partial charge in [0.15, 0.2) is 0 Å². The van der Waals surface area contributed by atoms with E-state index in [0.717, 1.165) is 50.7 Å². The molecule has 2 aromatic carbocycles. The van der Waals surface area contributed by atoms with Crippen molar-refractivity contribution < 1.29 is 14.3 Å². The van der Waals surface area contributed by atoms with Crippen molar-refractivity contribution in [3.8, 4) is 5.75 Å². The fourth-order valence-corrected chi connectivity index (χ4v) is 3.94. The molecule has 0 bridgehead atoms. The van der Waals surface area contributed by atoms with Crippen LogP contribution in [0.1, 0.15) is 79.0 Å². The number of rotatable bonds is 9. The first-order valence-corrected chi connectivity index (χ1v) is 11.6. The van der Waals surface area contributed by atoms with E-state index in [4.69, 9.17) is 16.3 Å². The van der Waals surface area contributed by atoms with E-state index in [2.05, 4.69) is 17.6 Å². The summed E-state index contributed by atoms with van der Waals surface area (Å²) in [5.74, 6) is 0.303. The van der Waals surface area contributed by atoms with Gasteiger partial charge in [0.2, 0.25) is 0 Å². The highest BCUT2D eigenvalue weighted by Crippen LogP contribution is 2.23. The number of unbranched alkanes of at least 4 members (excludes halogenated alkanes) is 2. The second-order valence-corrected chi connectivity index (χ2v) is 8.44. The molecule has 2 amide bonds. The van der Waals surface area contributed by atoms with Crippen molar-refractivity contribution in [1.82, 2.24) is 5.32 Å². The first-order valence-electron chi connectivity index (χ1n) is 11.2. The highest BCUT2D eigenvalue weighted by molar-refractivity contribution is 6.34. The van der Waals surface area contributed by atoms with Crippen molar-refractivity contribution in [3.05, 3.63) is 58.6 Å². The van der Waals surface area contributed by atoms with Crippen LogP contribution in [0.3, 0.4) is 0 Å². The molecule has 0 aliphatic heterocycles. The van der Waals surface area contributed by atoms with Gasteiger partial charge in [-0.1, -0.05) is 50.6 Å². The van der Waals surface area contributed by atoms with Gasteiger partial charge in [0, 0.05) is 17.3 Å². The van der Waals surface area contributed by atoms with Crippen LogP contribution in [0.2, 0.25) is 5.02 Å². The molecular weight excluding hydrogens is 412 g/mol. The number of halogens is 1. The molecule has 1 fully saturated rings. The summed E-state index contributed by atoms with van der Waals surface area (Å²) < 4.78 is 5.69. The third-order valence-corrected chi connectivity index (χ3v) is 5.87. The zero-order valence-electron chi connectivity index (χ0n) is 18.1. The van der Waals surface area contributed by atoms with Gasteiger partial charge in [-0.2, -0.15) is 0 Å². The molecular formula is C25H31ClN2O3. The molecule has 166 valence electrons. The van der Waals surface area contributed by atoms with Gasteiger partial charge in [-0.15, -0.1) is 0 Å². The average molecular weight is 443 g/mol. The third kappa shape index (κ3) is 7.00. The number of nitrogens with one attached hydrogen (secondary N) is 2. The summed E-state index contributed by atoms with van der Waals surface area (Å²) in [6.07, 6.45) is 8.80. The Hall–Kier alpha value is -2.53. The fourth-order valence-electron chi connectivity index (χ4n) is 3.73. The lowest BCUT2D eigenvalue weighted by molar-refractivity contribution is 0.0926. The van der Waals surface area contributed by atoms with Gasteiger partial charge in [-0.05, 0) is 61.7 Å². The van der Waals surface area contributed by atoms with Crippen molar-refractivity contribution in [1.29, 1.82) is 0 Å². The van der Waals surface area contributed by atoms with Crippen LogP contribution >= 0.6 is 11.6 Å². The Kier molecular flexibility index (Phi) is 8.77. The zero-order chi connectivity index (χ0) is 22.1. The number of amides is 2. The van der Waals surface area contributed by atoms with Crippen LogP contribution < -0.4 is 15.4 Å². The van der Waals surface area contributed by atoms with Crippen molar-refractivity contribution >= 4 is 29.1 Å². The van der Waals surface area contributed by atoms with E-state index in [1.165, 1.54) is 6.42 Å². The van der Waals surface area contributed by atoms with E-state index in [9.17, 15) is 9.59 Å². The summed E-state index contributed by atoms with van der Waals surface area (Å²) in [4.78, 5) is 25.3. The summed E-state index contributed by atoms with van der Waals surface area (Å²) in [6.45, 7) is 2.83. The van der Waals surface area contributed by atoms with Crippen LogP contribution in [0.25, 0.3) is 0 Å². The van der Waals surface area contributed by atoms with Crippen LogP contribution in [-0.2, 0) is 0 Å². The number of hydrogen-bond acceptors (Lipinski definition) is 3. The number of benzene rings is 2. The van der Waals surface area contributed by atoms with Crippen molar-refractivity contribution in [3.63, 3.8) is 0 Å². The monoisotopic (exact) mass is 442 g/mol. The second-order valence-electron chi connectivity index (χ2n) is 8.04. The van der Waals surface area contributed by atoms with Gasteiger partial charge < -0.3 is 15.4 Å². The Morgan fingerprint density at radius 3 is 2.45 bits per heavy atom. The lowest BCUT2D eigenvalue weighted by atomic mass is 9.95. The van der Waals surface area contributed by atoms with Gasteiger partial charge >= 0.3 is 0 Å². The number of hydrogen-bond donors (Lipinski definition) is 2. The maximum atomic E-state index is 12.7. The van der Waals surface area contributed by atoms with E-state index in [0.29, 0.717) is 28.4 Å². The lowest BCUT2D eigenvalue weighted by Gasteiger charge is -2.23. The summed E-state index contributed by atoms with van der Waals surface area (Å²) in [5, 5.41) is 6.29. The normalized spacial score (nSPS) is 14.1. The minimum absolute atomic E-state index is 0.193. The highest BCUT2D eigenvalue weighted by Gasteiger charge is 2.19. The average Bonchev–Trinajstić information content (AvgIpc) is 2.79. The predicted molar refractivity (Wildman–Crippen MR) is 125 cm³/mol. The van der Waals surface area contributed by atoms with Crippen LogP contribution in [0.5, 0.6) is 5.75 Å². The molecule has 1 saturated carbocycles. The Balaban J connectivity index is 1.59. The van der Waals surface area contributed by atoms with Crippen molar-refractivity contribution in [2.45, 2.75) is 64.3 Å². The molecule has 1 aliphatic carbocycles. The number of carbonyl (C=O) groups is 2. The van der Waals surface area contributed by atoms with Gasteiger partial charge in [-0.25, -0.2) is 0 Å². The lowest BCUT2D eigenvalue weighted by Crippen LogP contribution is -2.36. The fraction of sp³-hybridized carbons (Fsp3) is 0.440. The van der Waals surface area contributed by atoms with Crippen LogP contribution in [0.4, 0.5) is 5.69 Å². The molecule has 5 nitrogen and oxygen atoms in total. The van der Waals surface area contributed by atoms with Crippen molar-refractivity contribution in [2.24, 2.45) is 0 Å². The summed E-state index contributed by atoms with van der Waals surface area (Å²) in [7, 11) is 0. The molecule has 0 radical (unpaired) electrons. The maximum Gasteiger partial charge on any atom is 0.255 e. The van der Waals surface area contributed by atoms with Crippen LogP contribution in [0.15, 0.2) is 42.5 Å². The zero-order valence-corrected chi connectivity index (χ0v) is 18.8. The van der Waals surface area contributed by atoms with Crippen LogP contribution in [0, 0.1) is 0 Å². The molecule has 0 saturated heterocycles. The second kappa shape index (κ2) is 11.8. The first-order chi connectivity index (χ1) is 15.1. The predicted octanol–water partition coefficient (Wildman–Crippen LogP) is 6.22. The molecule has 3 rings (SSSR count). The molecule has 0 spiro atoms. The molecule has 2 aromatic rings.